The number of ketones is 1. The van der Waals surface area contributed by atoms with E-state index in [2.05, 4.69) is 0 Å². The van der Waals surface area contributed by atoms with Crippen LogP contribution in [0.3, 0.4) is 0 Å². The number of hydrogen-bond acceptors (Lipinski definition) is 3. The molecule has 0 aliphatic rings. The summed E-state index contributed by atoms with van der Waals surface area (Å²) in [6, 6.07) is 9.27. The average Bonchev–Trinajstić information content (AvgIpc) is 2.46. The maximum Gasteiger partial charge on any atom is 0.341 e. The first kappa shape index (κ1) is 15.0. The lowest BCUT2D eigenvalue weighted by molar-refractivity contribution is -0.139. The molecule has 0 radical (unpaired) electrons. The minimum Gasteiger partial charge on any atom is -0.481 e. The molecule has 0 unspecified atom stereocenters. The fourth-order valence-corrected chi connectivity index (χ4v) is 1.87. The third-order valence-corrected chi connectivity index (χ3v) is 2.88. The number of rotatable bonds is 5. The first-order valence-corrected chi connectivity index (χ1v) is 6.29. The van der Waals surface area contributed by atoms with Gasteiger partial charge in [0, 0.05) is 10.6 Å². The van der Waals surface area contributed by atoms with Crippen LogP contribution in [0.15, 0.2) is 42.5 Å². The SMILES string of the molecule is O=C(O)COc1ccc(Cl)cc1C(=O)c1ccc(F)cc1. The Labute approximate surface area is 124 Å². The zero-order valence-corrected chi connectivity index (χ0v) is 11.4. The summed E-state index contributed by atoms with van der Waals surface area (Å²) < 4.78 is 18.0. The van der Waals surface area contributed by atoms with Crippen molar-refractivity contribution in [3.63, 3.8) is 0 Å². The number of halogens is 2. The van der Waals surface area contributed by atoms with Crippen LogP contribution in [0, 0.1) is 5.82 Å². The van der Waals surface area contributed by atoms with E-state index in [1.165, 1.54) is 30.3 Å². The number of carboxylic acid groups (broad SMARTS) is 1. The second-order valence-corrected chi connectivity index (χ2v) is 4.60. The van der Waals surface area contributed by atoms with E-state index in [9.17, 15) is 14.0 Å². The minimum atomic E-state index is -1.16. The van der Waals surface area contributed by atoms with E-state index in [0.29, 0.717) is 5.02 Å². The van der Waals surface area contributed by atoms with Gasteiger partial charge in [0.15, 0.2) is 12.4 Å². The van der Waals surface area contributed by atoms with Crippen molar-refractivity contribution in [2.45, 2.75) is 0 Å². The molecule has 6 heteroatoms. The molecule has 2 rings (SSSR count). The molecule has 0 saturated heterocycles. The van der Waals surface area contributed by atoms with E-state index in [1.54, 1.807) is 0 Å². The molecule has 0 heterocycles. The Kier molecular flexibility index (Phi) is 4.55. The third kappa shape index (κ3) is 3.79. The lowest BCUT2D eigenvalue weighted by Crippen LogP contribution is -2.12. The van der Waals surface area contributed by atoms with Gasteiger partial charge >= 0.3 is 5.97 Å². The van der Waals surface area contributed by atoms with Gasteiger partial charge in [0.25, 0.3) is 0 Å². The van der Waals surface area contributed by atoms with Crippen LogP contribution in [-0.2, 0) is 4.79 Å². The quantitative estimate of drug-likeness (QED) is 0.862. The second kappa shape index (κ2) is 6.37. The summed E-state index contributed by atoms with van der Waals surface area (Å²) in [5.74, 6) is -1.95. The van der Waals surface area contributed by atoms with Crippen LogP contribution in [0.4, 0.5) is 4.39 Å². The topological polar surface area (TPSA) is 63.6 Å². The molecule has 0 saturated carbocycles. The Morgan fingerprint density at radius 1 is 1.14 bits per heavy atom. The van der Waals surface area contributed by atoms with Crippen molar-refractivity contribution in [2.24, 2.45) is 0 Å². The van der Waals surface area contributed by atoms with Gasteiger partial charge in [-0.15, -0.1) is 0 Å². The van der Waals surface area contributed by atoms with Crippen LogP contribution in [0.2, 0.25) is 5.02 Å². The Balaban J connectivity index is 2.36. The molecule has 2 aromatic carbocycles. The standard InChI is InChI=1S/C15H10ClFO4/c16-10-3-6-13(21-8-14(18)19)12(7-10)15(20)9-1-4-11(17)5-2-9/h1-7H,8H2,(H,18,19). The van der Waals surface area contributed by atoms with Crippen LogP contribution in [-0.4, -0.2) is 23.5 Å². The zero-order chi connectivity index (χ0) is 15.4. The number of ether oxygens (including phenoxy) is 1. The molecule has 0 amide bonds. The predicted octanol–water partition coefficient (Wildman–Crippen LogP) is 3.17. The van der Waals surface area contributed by atoms with Gasteiger partial charge in [-0.25, -0.2) is 9.18 Å². The molecular formula is C15H10ClFO4. The van der Waals surface area contributed by atoms with Gasteiger partial charge in [-0.2, -0.15) is 0 Å². The van der Waals surface area contributed by atoms with Gasteiger partial charge in [0.2, 0.25) is 0 Å². The summed E-state index contributed by atoms with van der Waals surface area (Å²) in [5.41, 5.74) is 0.370. The normalized spacial score (nSPS) is 10.2. The van der Waals surface area contributed by atoms with Crippen molar-refractivity contribution in [1.82, 2.24) is 0 Å². The Morgan fingerprint density at radius 3 is 2.43 bits per heavy atom. The van der Waals surface area contributed by atoms with Crippen molar-refractivity contribution < 1.29 is 23.8 Å². The van der Waals surface area contributed by atoms with Crippen LogP contribution in [0.25, 0.3) is 0 Å². The Hall–Kier alpha value is -2.40. The van der Waals surface area contributed by atoms with Crippen LogP contribution in [0.5, 0.6) is 5.75 Å². The highest BCUT2D eigenvalue weighted by molar-refractivity contribution is 6.31. The van der Waals surface area contributed by atoms with Gasteiger partial charge in [0.1, 0.15) is 11.6 Å². The number of hydrogen-bond donors (Lipinski definition) is 1. The molecule has 2 aromatic rings. The first-order chi connectivity index (χ1) is 9.97. The van der Waals surface area contributed by atoms with Gasteiger partial charge < -0.3 is 9.84 Å². The fourth-order valence-electron chi connectivity index (χ4n) is 1.70. The van der Waals surface area contributed by atoms with E-state index < -0.39 is 24.2 Å². The molecule has 0 spiro atoms. The number of carboxylic acids is 1. The van der Waals surface area contributed by atoms with Crippen molar-refractivity contribution in [2.75, 3.05) is 6.61 Å². The molecule has 0 fully saturated rings. The van der Waals surface area contributed by atoms with Crippen molar-refractivity contribution in [3.05, 3.63) is 64.4 Å². The molecule has 0 aliphatic heterocycles. The molecule has 21 heavy (non-hydrogen) atoms. The van der Waals surface area contributed by atoms with E-state index in [1.807, 2.05) is 0 Å². The summed E-state index contributed by atoms with van der Waals surface area (Å²) in [7, 11) is 0. The smallest absolute Gasteiger partial charge is 0.341 e. The highest BCUT2D eigenvalue weighted by atomic mass is 35.5. The van der Waals surface area contributed by atoms with Crippen LogP contribution < -0.4 is 4.74 Å². The molecule has 0 bridgehead atoms. The Morgan fingerprint density at radius 2 is 1.81 bits per heavy atom. The highest BCUT2D eigenvalue weighted by Crippen LogP contribution is 2.25. The average molecular weight is 309 g/mol. The van der Waals surface area contributed by atoms with E-state index in [4.69, 9.17) is 21.4 Å². The number of benzene rings is 2. The van der Waals surface area contributed by atoms with E-state index >= 15 is 0 Å². The van der Waals surface area contributed by atoms with Gasteiger partial charge in [-0.1, -0.05) is 11.6 Å². The van der Waals surface area contributed by atoms with Gasteiger partial charge in [0.05, 0.1) is 5.56 Å². The van der Waals surface area contributed by atoms with E-state index in [0.717, 1.165) is 12.1 Å². The highest BCUT2D eigenvalue weighted by Gasteiger charge is 2.16. The van der Waals surface area contributed by atoms with E-state index in [-0.39, 0.29) is 16.9 Å². The van der Waals surface area contributed by atoms with Crippen molar-refractivity contribution >= 4 is 23.4 Å². The fraction of sp³-hybridized carbons (Fsp3) is 0.0667. The lowest BCUT2D eigenvalue weighted by atomic mass is 10.0. The molecule has 0 aromatic heterocycles. The lowest BCUT2D eigenvalue weighted by Gasteiger charge is -2.10. The zero-order valence-electron chi connectivity index (χ0n) is 10.7. The Bertz CT molecular complexity index is 683. The summed E-state index contributed by atoms with van der Waals surface area (Å²) in [4.78, 5) is 22.9. The summed E-state index contributed by atoms with van der Waals surface area (Å²) in [5, 5.41) is 8.94. The van der Waals surface area contributed by atoms with Crippen LogP contribution >= 0.6 is 11.6 Å². The minimum absolute atomic E-state index is 0.108. The number of aliphatic carboxylic acids is 1. The van der Waals surface area contributed by atoms with Gasteiger partial charge in [-0.3, -0.25) is 4.79 Å². The second-order valence-electron chi connectivity index (χ2n) is 4.16. The summed E-state index contributed by atoms with van der Waals surface area (Å²) >= 11 is 5.85. The predicted molar refractivity (Wildman–Crippen MR) is 74.4 cm³/mol. The van der Waals surface area contributed by atoms with Crippen LogP contribution in [0.1, 0.15) is 15.9 Å². The molecule has 108 valence electrons. The first-order valence-electron chi connectivity index (χ1n) is 5.92. The maximum atomic E-state index is 12.9. The maximum absolute atomic E-state index is 12.9. The molecule has 0 aliphatic carbocycles. The molecule has 1 N–H and O–H groups in total. The summed E-state index contributed by atoms with van der Waals surface area (Å²) in [6.45, 7) is -0.578. The molecule has 0 atom stereocenters. The van der Waals surface area contributed by atoms with Crippen molar-refractivity contribution in [1.29, 1.82) is 0 Å². The third-order valence-electron chi connectivity index (χ3n) is 2.64. The summed E-state index contributed by atoms with van der Waals surface area (Å²) in [6.07, 6.45) is 0. The van der Waals surface area contributed by atoms with Crippen molar-refractivity contribution in [3.8, 4) is 5.75 Å². The number of carbonyl (C=O) groups excluding carboxylic acids is 1. The van der Waals surface area contributed by atoms with Gasteiger partial charge in [-0.05, 0) is 42.5 Å². The number of carbonyl (C=O) groups is 2. The molecular weight excluding hydrogens is 299 g/mol. The monoisotopic (exact) mass is 308 g/mol. The largest absolute Gasteiger partial charge is 0.481 e. The molecule has 4 nitrogen and oxygen atoms in total.